The molecule has 0 aliphatic heterocycles. The van der Waals surface area contributed by atoms with Gasteiger partial charge in [0.05, 0.1) is 31.5 Å². The summed E-state index contributed by atoms with van der Waals surface area (Å²) in [6.07, 6.45) is 0.467. The number of methoxy groups -OCH3 is 3. The van der Waals surface area contributed by atoms with E-state index in [1.807, 2.05) is 36.4 Å². The Morgan fingerprint density at radius 3 is 2.53 bits per heavy atom. The Morgan fingerprint density at radius 2 is 1.77 bits per heavy atom. The molecule has 0 aliphatic carbocycles. The number of amides is 1. The normalized spacial score (nSPS) is 10.8. The summed E-state index contributed by atoms with van der Waals surface area (Å²) in [6.45, 7) is 0. The van der Waals surface area contributed by atoms with Crippen LogP contribution in [0.25, 0.3) is 10.2 Å². The SMILES string of the molecule is COc1ccc(OC)c(Cc2ccc(C(=O)Nc3nc4ccc(OC)cc4s3)o2)c1. The minimum absolute atomic E-state index is 0.212. The number of furan rings is 1. The zero-order valence-corrected chi connectivity index (χ0v) is 17.5. The first kappa shape index (κ1) is 19.8. The van der Waals surface area contributed by atoms with Crippen molar-refractivity contribution in [3.63, 3.8) is 0 Å². The van der Waals surface area contributed by atoms with E-state index in [0.717, 1.165) is 33.0 Å². The van der Waals surface area contributed by atoms with Crippen molar-refractivity contribution in [2.75, 3.05) is 26.6 Å². The van der Waals surface area contributed by atoms with Gasteiger partial charge < -0.3 is 18.6 Å². The van der Waals surface area contributed by atoms with Gasteiger partial charge in [-0.2, -0.15) is 0 Å². The van der Waals surface area contributed by atoms with Crippen LogP contribution in [0.4, 0.5) is 5.13 Å². The third-order valence-corrected chi connectivity index (χ3v) is 5.49. The predicted molar refractivity (Wildman–Crippen MR) is 115 cm³/mol. The van der Waals surface area contributed by atoms with E-state index in [1.54, 1.807) is 33.5 Å². The summed E-state index contributed by atoms with van der Waals surface area (Å²) in [4.78, 5) is 17.0. The fourth-order valence-electron chi connectivity index (χ4n) is 3.05. The van der Waals surface area contributed by atoms with Crippen LogP contribution in [0.3, 0.4) is 0 Å². The second-order valence-corrected chi connectivity index (χ2v) is 7.46. The van der Waals surface area contributed by atoms with Crippen LogP contribution in [-0.4, -0.2) is 32.2 Å². The van der Waals surface area contributed by atoms with Crippen molar-refractivity contribution in [3.8, 4) is 17.2 Å². The van der Waals surface area contributed by atoms with Gasteiger partial charge in [-0.25, -0.2) is 4.98 Å². The zero-order chi connectivity index (χ0) is 21.1. The Morgan fingerprint density at radius 1 is 1.00 bits per heavy atom. The van der Waals surface area contributed by atoms with Crippen molar-refractivity contribution in [2.45, 2.75) is 6.42 Å². The first-order chi connectivity index (χ1) is 14.6. The minimum Gasteiger partial charge on any atom is -0.497 e. The van der Waals surface area contributed by atoms with Gasteiger partial charge in [-0.05, 0) is 48.5 Å². The van der Waals surface area contributed by atoms with E-state index in [0.29, 0.717) is 17.3 Å². The van der Waals surface area contributed by atoms with Crippen LogP contribution >= 0.6 is 11.3 Å². The smallest absolute Gasteiger partial charge is 0.293 e. The lowest BCUT2D eigenvalue weighted by molar-refractivity contribution is 0.0995. The summed E-state index contributed by atoms with van der Waals surface area (Å²) in [5.74, 6) is 2.69. The van der Waals surface area contributed by atoms with Crippen LogP contribution in [-0.2, 0) is 6.42 Å². The molecular formula is C22H20N2O5S. The number of anilines is 1. The number of ether oxygens (including phenoxy) is 3. The van der Waals surface area contributed by atoms with Gasteiger partial charge in [0.1, 0.15) is 23.0 Å². The van der Waals surface area contributed by atoms with E-state index in [1.165, 1.54) is 11.3 Å². The number of carbonyl (C=O) groups excluding carboxylic acids is 1. The molecule has 0 fully saturated rings. The minimum atomic E-state index is -0.357. The largest absolute Gasteiger partial charge is 0.497 e. The number of carbonyl (C=O) groups is 1. The number of nitrogens with zero attached hydrogens (tertiary/aromatic N) is 1. The van der Waals surface area contributed by atoms with Crippen LogP contribution in [0.1, 0.15) is 21.9 Å². The average molecular weight is 424 g/mol. The van der Waals surface area contributed by atoms with E-state index in [4.69, 9.17) is 18.6 Å². The lowest BCUT2D eigenvalue weighted by Gasteiger charge is -2.09. The molecule has 0 unspecified atom stereocenters. The maximum atomic E-state index is 12.6. The van der Waals surface area contributed by atoms with Gasteiger partial charge in [0.25, 0.3) is 5.91 Å². The van der Waals surface area contributed by atoms with Crippen molar-refractivity contribution in [3.05, 3.63) is 65.6 Å². The predicted octanol–water partition coefficient (Wildman–Crippen LogP) is 4.76. The average Bonchev–Trinajstić information content (AvgIpc) is 3.39. The van der Waals surface area contributed by atoms with Crippen molar-refractivity contribution >= 4 is 32.6 Å². The van der Waals surface area contributed by atoms with Gasteiger partial charge in [0.2, 0.25) is 0 Å². The summed E-state index contributed by atoms with van der Waals surface area (Å²) >= 11 is 1.37. The molecule has 2 aromatic heterocycles. The molecule has 154 valence electrons. The van der Waals surface area contributed by atoms with Gasteiger partial charge in [0, 0.05) is 12.0 Å². The fraction of sp³-hybridized carbons (Fsp3) is 0.182. The highest BCUT2D eigenvalue weighted by molar-refractivity contribution is 7.22. The van der Waals surface area contributed by atoms with Gasteiger partial charge in [-0.15, -0.1) is 0 Å². The fourth-order valence-corrected chi connectivity index (χ4v) is 3.94. The number of thiazole rings is 1. The molecule has 8 heteroatoms. The topological polar surface area (TPSA) is 82.8 Å². The van der Waals surface area contributed by atoms with Crippen LogP contribution in [0.15, 0.2) is 52.9 Å². The number of rotatable bonds is 7. The zero-order valence-electron chi connectivity index (χ0n) is 16.7. The standard InChI is InChI=1S/C22H20N2O5S/c1-26-14-5-8-18(28-3)13(10-14)11-16-6-9-19(29-16)21(25)24-22-23-17-7-4-15(27-2)12-20(17)30-22/h4-10,12H,11H2,1-3H3,(H,23,24,25). The molecule has 0 saturated heterocycles. The van der Waals surface area contributed by atoms with Crippen LogP contribution in [0, 0.1) is 0 Å². The van der Waals surface area contributed by atoms with E-state index in [-0.39, 0.29) is 11.7 Å². The lowest BCUT2D eigenvalue weighted by Crippen LogP contribution is -2.10. The van der Waals surface area contributed by atoms with Gasteiger partial charge in [-0.3, -0.25) is 10.1 Å². The Labute approximate surface area is 177 Å². The summed E-state index contributed by atoms with van der Waals surface area (Å²) in [7, 11) is 4.83. The van der Waals surface area contributed by atoms with Crippen molar-refractivity contribution in [1.29, 1.82) is 0 Å². The highest BCUT2D eigenvalue weighted by atomic mass is 32.1. The molecule has 4 aromatic rings. The lowest BCUT2D eigenvalue weighted by atomic mass is 10.1. The first-order valence-electron chi connectivity index (χ1n) is 9.15. The van der Waals surface area contributed by atoms with Gasteiger partial charge in [0.15, 0.2) is 10.9 Å². The molecule has 2 heterocycles. The van der Waals surface area contributed by atoms with Crippen LogP contribution < -0.4 is 19.5 Å². The highest BCUT2D eigenvalue weighted by Gasteiger charge is 2.16. The Hall–Kier alpha value is -3.52. The summed E-state index contributed by atoms with van der Waals surface area (Å²) in [6, 6.07) is 14.5. The quantitative estimate of drug-likeness (QED) is 0.461. The molecule has 1 N–H and O–H groups in total. The first-order valence-corrected chi connectivity index (χ1v) is 9.97. The Kier molecular flexibility index (Phi) is 5.58. The molecule has 1 amide bonds. The Bertz CT molecular complexity index is 1200. The van der Waals surface area contributed by atoms with E-state index >= 15 is 0 Å². The molecule has 4 rings (SSSR count). The van der Waals surface area contributed by atoms with E-state index in [9.17, 15) is 4.79 Å². The number of hydrogen-bond donors (Lipinski definition) is 1. The molecule has 0 bridgehead atoms. The molecule has 0 atom stereocenters. The second kappa shape index (κ2) is 8.46. The number of nitrogens with one attached hydrogen (secondary N) is 1. The molecule has 30 heavy (non-hydrogen) atoms. The number of fused-ring (bicyclic) bond motifs is 1. The third kappa shape index (κ3) is 4.08. The molecule has 0 spiro atoms. The summed E-state index contributed by atoms with van der Waals surface area (Å²) in [5.41, 5.74) is 1.69. The second-order valence-electron chi connectivity index (χ2n) is 6.43. The van der Waals surface area contributed by atoms with E-state index in [2.05, 4.69) is 10.3 Å². The molecule has 0 saturated carbocycles. The molecule has 0 radical (unpaired) electrons. The van der Waals surface area contributed by atoms with Crippen molar-refractivity contribution in [2.24, 2.45) is 0 Å². The van der Waals surface area contributed by atoms with Crippen molar-refractivity contribution < 1.29 is 23.4 Å². The van der Waals surface area contributed by atoms with Gasteiger partial charge >= 0.3 is 0 Å². The third-order valence-electron chi connectivity index (χ3n) is 4.55. The van der Waals surface area contributed by atoms with Gasteiger partial charge in [-0.1, -0.05) is 11.3 Å². The highest BCUT2D eigenvalue weighted by Crippen LogP contribution is 2.30. The molecule has 7 nitrogen and oxygen atoms in total. The summed E-state index contributed by atoms with van der Waals surface area (Å²) in [5, 5.41) is 3.29. The number of hydrogen-bond acceptors (Lipinski definition) is 7. The Balaban J connectivity index is 1.49. The molecule has 2 aromatic carbocycles. The monoisotopic (exact) mass is 424 g/mol. The summed E-state index contributed by atoms with van der Waals surface area (Å²) < 4.78 is 22.6. The molecule has 0 aliphatic rings. The number of aromatic nitrogens is 1. The number of benzene rings is 2. The van der Waals surface area contributed by atoms with Crippen LogP contribution in [0.2, 0.25) is 0 Å². The van der Waals surface area contributed by atoms with Crippen LogP contribution in [0.5, 0.6) is 17.2 Å². The molecular weight excluding hydrogens is 404 g/mol. The maximum Gasteiger partial charge on any atom is 0.293 e. The maximum absolute atomic E-state index is 12.6. The van der Waals surface area contributed by atoms with Crippen molar-refractivity contribution in [1.82, 2.24) is 4.98 Å². The van der Waals surface area contributed by atoms with E-state index < -0.39 is 0 Å².